The van der Waals surface area contributed by atoms with Gasteiger partial charge in [-0.1, -0.05) is 17.7 Å². The van der Waals surface area contributed by atoms with Crippen LogP contribution in [0, 0.1) is 6.92 Å². The second-order valence-electron chi connectivity index (χ2n) is 5.73. The standard InChI is InChI=1S/C15H20N2O2S/c1-12-3-4-15-13(9-12)10-14(20(15,18)19)11-17-7-5-16(2)6-8-17/h3-4,9-10H,5-8,11H2,1-2H3. The molecule has 108 valence electrons. The van der Waals surface area contributed by atoms with E-state index in [0.29, 0.717) is 16.3 Å². The number of hydrogen-bond acceptors (Lipinski definition) is 4. The molecule has 0 aliphatic carbocycles. The predicted molar refractivity (Wildman–Crippen MR) is 80.3 cm³/mol. The van der Waals surface area contributed by atoms with Crippen LogP contribution in [0.1, 0.15) is 11.1 Å². The van der Waals surface area contributed by atoms with Crippen LogP contribution >= 0.6 is 0 Å². The van der Waals surface area contributed by atoms with Gasteiger partial charge in [-0.3, -0.25) is 4.90 Å². The third-order valence-electron chi connectivity index (χ3n) is 4.09. The smallest absolute Gasteiger partial charge is 0.204 e. The number of nitrogens with zero attached hydrogens (tertiary/aromatic N) is 2. The van der Waals surface area contributed by atoms with Crippen molar-refractivity contribution in [1.29, 1.82) is 0 Å². The molecule has 0 bridgehead atoms. The van der Waals surface area contributed by atoms with Gasteiger partial charge in [0.15, 0.2) is 0 Å². The summed E-state index contributed by atoms with van der Waals surface area (Å²) in [5.74, 6) is 0. The van der Waals surface area contributed by atoms with E-state index in [2.05, 4.69) is 16.8 Å². The first-order valence-electron chi connectivity index (χ1n) is 6.94. The van der Waals surface area contributed by atoms with Gasteiger partial charge in [-0.25, -0.2) is 8.42 Å². The lowest BCUT2D eigenvalue weighted by atomic mass is 10.1. The SMILES string of the molecule is Cc1ccc2c(c1)C=C(CN1CCN(C)CC1)S2(=O)=O. The van der Waals surface area contributed by atoms with E-state index >= 15 is 0 Å². The Morgan fingerprint density at radius 2 is 1.85 bits per heavy atom. The minimum atomic E-state index is -3.27. The van der Waals surface area contributed by atoms with Crippen molar-refractivity contribution in [3.05, 3.63) is 34.2 Å². The molecule has 0 aromatic heterocycles. The molecule has 0 atom stereocenters. The van der Waals surface area contributed by atoms with E-state index in [1.165, 1.54) is 0 Å². The van der Waals surface area contributed by atoms with Crippen molar-refractivity contribution < 1.29 is 8.42 Å². The number of hydrogen-bond donors (Lipinski definition) is 0. The van der Waals surface area contributed by atoms with Gasteiger partial charge in [0.05, 0.1) is 9.80 Å². The zero-order valence-electron chi connectivity index (χ0n) is 12.0. The maximum atomic E-state index is 12.5. The lowest BCUT2D eigenvalue weighted by molar-refractivity contribution is 0.166. The van der Waals surface area contributed by atoms with E-state index in [1.54, 1.807) is 6.07 Å². The van der Waals surface area contributed by atoms with Gasteiger partial charge in [-0.15, -0.1) is 0 Å². The van der Waals surface area contributed by atoms with Crippen molar-refractivity contribution >= 4 is 15.9 Å². The molecule has 1 fully saturated rings. The Labute approximate surface area is 120 Å². The van der Waals surface area contributed by atoms with E-state index in [1.807, 2.05) is 25.1 Å². The van der Waals surface area contributed by atoms with Crippen LogP contribution in [0.25, 0.3) is 6.08 Å². The maximum Gasteiger partial charge on any atom is 0.204 e. The largest absolute Gasteiger partial charge is 0.304 e. The van der Waals surface area contributed by atoms with Crippen molar-refractivity contribution in [2.24, 2.45) is 0 Å². The highest BCUT2D eigenvalue weighted by Gasteiger charge is 2.31. The quantitative estimate of drug-likeness (QED) is 0.825. The van der Waals surface area contributed by atoms with Gasteiger partial charge in [-0.05, 0) is 31.7 Å². The highest BCUT2D eigenvalue weighted by atomic mass is 32.2. The molecule has 20 heavy (non-hydrogen) atoms. The lowest BCUT2D eigenvalue weighted by Gasteiger charge is -2.32. The molecule has 0 radical (unpaired) electrons. The predicted octanol–water partition coefficient (Wildman–Crippen LogP) is 1.37. The van der Waals surface area contributed by atoms with E-state index in [9.17, 15) is 8.42 Å². The van der Waals surface area contributed by atoms with Crippen LogP contribution in [0.15, 0.2) is 28.0 Å². The van der Waals surface area contributed by atoms with Crippen molar-refractivity contribution in [2.75, 3.05) is 39.8 Å². The van der Waals surface area contributed by atoms with Crippen LogP contribution in [-0.4, -0.2) is 58.0 Å². The number of likely N-dealkylation sites (N-methyl/N-ethyl adjacent to an activating group) is 1. The summed E-state index contributed by atoms with van der Waals surface area (Å²) in [5, 5.41) is 0. The summed E-state index contributed by atoms with van der Waals surface area (Å²) in [7, 11) is -1.17. The molecule has 2 aliphatic heterocycles. The molecule has 5 heteroatoms. The molecule has 2 aliphatic rings. The summed E-state index contributed by atoms with van der Waals surface area (Å²) in [4.78, 5) is 5.50. The Balaban J connectivity index is 1.83. The fourth-order valence-electron chi connectivity index (χ4n) is 2.77. The average molecular weight is 292 g/mol. The van der Waals surface area contributed by atoms with E-state index in [0.717, 1.165) is 37.3 Å². The van der Waals surface area contributed by atoms with E-state index < -0.39 is 9.84 Å². The molecule has 3 rings (SSSR count). The fourth-order valence-corrected chi connectivity index (χ4v) is 4.37. The minimum Gasteiger partial charge on any atom is -0.304 e. The van der Waals surface area contributed by atoms with Crippen LogP contribution in [0.5, 0.6) is 0 Å². The molecule has 0 saturated carbocycles. The van der Waals surface area contributed by atoms with E-state index in [-0.39, 0.29) is 0 Å². The maximum absolute atomic E-state index is 12.5. The van der Waals surface area contributed by atoms with Crippen molar-refractivity contribution in [3.63, 3.8) is 0 Å². The molecule has 0 amide bonds. The van der Waals surface area contributed by atoms with Gasteiger partial charge in [-0.2, -0.15) is 0 Å². The number of fused-ring (bicyclic) bond motifs is 1. The molecule has 0 unspecified atom stereocenters. The molecule has 2 heterocycles. The summed E-state index contributed by atoms with van der Waals surface area (Å²) < 4.78 is 25.1. The minimum absolute atomic E-state index is 0.465. The number of aryl methyl sites for hydroxylation is 1. The van der Waals surface area contributed by atoms with Crippen LogP contribution < -0.4 is 0 Å². The van der Waals surface area contributed by atoms with Crippen molar-refractivity contribution in [1.82, 2.24) is 9.80 Å². The Bertz CT molecular complexity index is 656. The zero-order chi connectivity index (χ0) is 14.3. The van der Waals surface area contributed by atoms with Crippen molar-refractivity contribution in [3.8, 4) is 0 Å². The van der Waals surface area contributed by atoms with E-state index in [4.69, 9.17) is 0 Å². The summed E-state index contributed by atoms with van der Waals surface area (Å²) in [6.45, 7) is 6.37. The third kappa shape index (κ3) is 2.41. The summed E-state index contributed by atoms with van der Waals surface area (Å²) in [6.07, 6.45) is 1.84. The lowest BCUT2D eigenvalue weighted by Crippen LogP contribution is -2.45. The Kier molecular flexibility index (Phi) is 3.44. The summed E-state index contributed by atoms with van der Waals surface area (Å²) in [5.41, 5.74) is 1.94. The number of benzene rings is 1. The normalized spacial score (nSPS) is 22.6. The van der Waals surface area contributed by atoms with Crippen LogP contribution in [-0.2, 0) is 9.84 Å². The highest BCUT2D eigenvalue weighted by molar-refractivity contribution is 7.95. The topological polar surface area (TPSA) is 40.6 Å². The Morgan fingerprint density at radius 3 is 2.55 bits per heavy atom. The van der Waals surface area contributed by atoms with Gasteiger partial charge in [0.1, 0.15) is 0 Å². The van der Waals surface area contributed by atoms with Crippen LogP contribution in [0.3, 0.4) is 0 Å². The van der Waals surface area contributed by atoms with Gasteiger partial charge in [0.2, 0.25) is 9.84 Å². The molecule has 4 nitrogen and oxygen atoms in total. The Hall–Kier alpha value is -1.17. The number of rotatable bonds is 2. The molecule has 0 N–H and O–H groups in total. The van der Waals surface area contributed by atoms with Gasteiger partial charge in [0, 0.05) is 32.7 Å². The van der Waals surface area contributed by atoms with Gasteiger partial charge >= 0.3 is 0 Å². The molecule has 1 aromatic carbocycles. The number of sulfone groups is 1. The van der Waals surface area contributed by atoms with Gasteiger partial charge < -0.3 is 4.90 Å². The van der Waals surface area contributed by atoms with Crippen LogP contribution in [0.4, 0.5) is 0 Å². The van der Waals surface area contributed by atoms with Crippen molar-refractivity contribution in [2.45, 2.75) is 11.8 Å². The molecule has 1 saturated heterocycles. The van der Waals surface area contributed by atoms with Gasteiger partial charge in [0.25, 0.3) is 0 Å². The monoisotopic (exact) mass is 292 g/mol. The first-order chi connectivity index (χ1) is 9.46. The molecular formula is C15H20N2O2S. The Morgan fingerprint density at radius 1 is 1.15 bits per heavy atom. The second kappa shape index (κ2) is 4.98. The molecular weight excluding hydrogens is 272 g/mol. The fraction of sp³-hybridized carbons (Fsp3) is 0.467. The summed E-state index contributed by atoms with van der Waals surface area (Å²) >= 11 is 0. The third-order valence-corrected chi connectivity index (χ3v) is 5.98. The zero-order valence-corrected chi connectivity index (χ0v) is 12.8. The molecule has 1 aromatic rings. The average Bonchev–Trinajstić information content (AvgIpc) is 2.63. The highest BCUT2D eigenvalue weighted by Crippen LogP contribution is 2.33. The first-order valence-corrected chi connectivity index (χ1v) is 8.42. The number of piperazine rings is 1. The van der Waals surface area contributed by atoms with Crippen LogP contribution in [0.2, 0.25) is 0 Å². The first kappa shape index (κ1) is 13.8. The summed E-state index contributed by atoms with van der Waals surface area (Å²) in [6, 6.07) is 5.54. The second-order valence-corrected chi connectivity index (χ2v) is 7.71. The molecule has 0 spiro atoms.